The van der Waals surface area contributed by atoms with E-state index < -0.39 is 0 Å². The molecule has 0 radical (unpaired) electrons. The Morgan fingerprint density at radius 3 is 2.52 bits per heavy atom. The van der Waals surface area contributed by atoms with Crippen LogP contribution in [0.3, 0.4) is 0 Å². The largest absolute Gasteiger partial charge is 0.488 e. The van der Waals surface area contributed by atoms with Crippen LogP contribution in [0.4, 0.5) is 5.82 Å². The van der Waals surface area contributed by atoms with Gasteiger partial charge in [-0.05, 0) is 46.2 Å². The molecule has 0 fully saturated rings. The van der Waals surface area contributed by atoms with E-state index in [0.29, 0.717) is 6.54 Å². The van der Waals surface area contributed by atoms with Gasteiger partial charge in [0.1, 0.15) is 23.5 Å². The number of hydrogen-bond donors (Lipinski definition) is 1. The molecule has 21 heavy (non-hydrogen) atoms. The number of hydrogen-bond acceptors (Lipinski definition) is 4. The molecule has 0 spiro atoms. The number of rotatable bonds is 4. The Bertz CT molecular complexity index is 618. The first-order valence-electron chi connectivity index (χ1n) is 7.14. The zero-order valence-electron chi connectivity index (χ0n) is 13.4. The first-order chi connectivity index (χ1) is 9.83. The number of ether oxygens (including phenoxy) is 1. The molecule has 1 N–H and O–H groups in total. The highest BCUT2D eigenvalue weighted by atomic mass is 16.5. The van der Waals surface area contributed by atoms with Crippen LogP contribution in [0.5, 0.6) is 5.75 Å². The Morgan fingerprint density at radius 1 is 1.10 bits per heavy atom. The van der Waals surface area contributed by atoms with Gasteiger partial charge in [-0.3, -0.25) is 0 Å². The van der Waals surface area contributed by atoms with Crippen molar-refractivity contribution in [1.29, 1.82) is 0 Å². The van der Waals surface area contributed by atoms with E-state index in [1.165, 1.54) is 5.56 Å². The molecule has 0 saturated carbocycles. The molecule has 0 aliphatic carbocycles. The number of anilines is 1. The standard InChI is InChI=1S/C17H23N3O/c1-12-6-7-14(15(8-12)21-17(3,4)5)10-18-16-9-13(2)19-11-20-16/h6-9,11H,10H2,1-5H3,(H,18,19,20). The highest BCUT2D eigenvalue weighted by Crippen LogP contribution is 2.25. The Hall–Kier alpha value is -2.10. The van der Waals surface area contributed by atoms with E-state index in [4.69, 9.17) is 4.74 Å². The fourth-order valence-corrected chi connectivity index (χ4v) is 1.97. The van der Waals surface area contributed by atoms with Gasteiger partial charge >= 0.3 is 0 Å². The van der Waals surface area contributed by atoms with Crippen LogP contribution in [0.25, 0.3) is 0 Å². The molecule has 0 bridgehead atoms. The van der Waals surface area contributed by atoms with Gasteiger partial charge in [0, 0.05) is 23.9 Å². The van der Waals surface area contributed by atoms with Gasteiger partial charge in [0.15, 0.2) is 0 Å². The van der Waals surface area contributed by atoms with Gasteiger partial charge in [-0.15, -0.1) is 0 Å². The quantitative estimate of drug-likeness (QED) is 0.926. The van der Waals surface area contributed by atoms with Crippen LogP contribution < -0.4 is 10.1 Å². The molecule has 1 aromatic carbocycles. The van der Waals surface area contributed by atoms with Crippen LogP contribution in [0.1, 0.15) is 37.6 Å². The van der Waals surface area contributed by atoms with Crippen LogP contribution in [0.2, 0.25) is 0 Å². The van der Waals surface area contributed by atoms with Crippen molar-refractivity contribution in [1.82, 2.24) is 9.97 Å². The van der Waals surface area contributed by atoms with Crippen LogP contribution in [0, 0.1) is 13.8 Å². The molecule has 2 aromatic rings. The Kier molecular flexibility index (Phi) is 4.46. The average molecular weight is 285 g/mol. The van der Waals surface area contributed by atoms with Crippen molar-refractivity contribution in [3.8, 4) is 5.75 Å². The van der Waals surface area contributed by atoms with E-state index in [9.17, 15) is 0 Å². The summed E-state index contributed by atoms with van der Waals surface area (Å²) in [4.78, 5) is 8.31. The van der Waals surface area contributed by atoms with Crippen molar-refractivity contribution in [2.24, 2.45) is 0 Å². The minimum atomic E-state index is -0.214. The summed E-state index contributed by atoms with van der Waals surface area (Å²) in [6.07, 6.45) is 1.57. The van der Waals surface area contributed by atoms with Crippen molar-refractivity contribution in [2.45, 2.75) is 46.8 Å². The maximum atomic E-state index is 6.05. The summed E-state index contributed by atoms with van der Waals surface area (Å²) < 4.78 is 6.05. The SMILES string of the molecule is Cc1ccc(CNc2cc(C)ncn2)c(OC(C)(C)C)c1. The molecule has 0 aliphatic rings. The molecule has 0 unspecified atom stereocenters. The highest BCUT2D eigenvalue weighted by Gasteiger charge is 2.14. The van der Waals surface area contributed by atoms with Gasteiger partial charge in [0.05, 0.1) is 0 Å². The smallest absolute Gasteiger partial charge is 0.129 e. The van der Waals surface area contributed by atoms with Crippen molar-refractivity contribution < 1.29 is 4.74 Å². The van der Waals surface area contributed by atoms with E-state index in [0.717, 1.165) is 22.8 Å². The third kappa shape index (κ3) is 4.74. The summed E-state index contributed by atoms with van der Waals surface area (Å²) >= 11 is 0. The van der Waals surface area contributed by atoms with Crippen molar-refractivity contribution in [3.05, 3.63) is 47.4 Å². The normalized spacial score (nSPS) is 11.3. The topological polar surface area (TPSA) is 47.0 Å². The summed E-state index contributed by atoms with van der Waals surface area (Å²) in [6, 6.07) is 8.20. The van der Waals surface area contributed by atoms with Crippen molar-refractivity contribution >= 4 is 5.82 Å². The van der Waals surface area contributed by atoms with Gasteiger partial charge in [0.2, 0.25) is 0 Å². The fraction of sp³-hybridized carbons (Fsp3) is 0.412. The lowest BCUT2D eigenvalue weighted by Gasteiger charge is -2.24. The van der Waals surface area contributed by atoms with E-state index >= 15 is 0 Å². The summed E-state index contributed by atoms with van der Waals surface area (Å²) in [7, 11) is 0. The lowest BCUT2D eigenvalue weighted by Crippen LogP contribution is -2.24. The summed E-state index contributed by atoms with van der Waals surface area (Å²) in [5.41, 5.74) is 3.04. The molecule has 0 saturated heterocycles. The second-order valence-corrected chi connectivity index (χ2v) is 6.22. The Labute approximate surface area is 126 Å². The van der Waals surface area contributed by atoms with Crippen LogP contribution in [-0.2, 0) is 6.54 Å². The zero-order chi connectivity index (χ0) is 15.5. The van der Waals surface area contributed by atoms with Crippen LogP contribution >= 0.6 is 0 Å². The van der Waals surface area contributed by atoms with Crippen molar-refractivity contribution in [3.63, 3.8) is 0 Å². The van der Waals surface area contributed by atoms with Crippen LogP contribution in [0.15, 0.2) is 30.6 Å². The average Bonchev–Trinajstić information content (AvgIpc) is 2.36. The van der Waals surface area contributed by atoms with Crippen molar-refractivity contribution in [2.75, 3.05) is 5.32 Å². The number of nitrogens with one attached hydrogen (secondary N) is 1. The molecular formula is C17H23N3O. The molecule has 1 aromatic heterocycles. The number of aryl methyl sites for hydroxylation is 2. The van der Waals surface area contributed by atoms with Crippen LogP contribution in [-0.4, -0.2) is 15.6 Å². The fourth-order valence-electron chi connectivity index (χ4n) is 1.97. The molecular weight excluding hydrogens is 262 g/mol. The maximum Gasteiger partial charge on any atom is 0.129 e. The number of nitrogens with zero attached hydrogens (tertiary/aromatic N) is 2. The second-order valence-electron chi connectivity index (χ2n) is 6.22. The Morgan fingerprint density at radius 2 is 1.86 bits per heavy atom. The molecule has 4 heteroatoms. The van der Waals surface area contributed by atoms with E-state index in [1.54, 1.807) is 6.33 Å². The molecule has 2 rings (SSSR count). The zero-order valence-corrected chi connectivity index (χ0v) is 13.4. The van der Waals surface area contributed by atoms with Gasteiger partial charge in [-0.2, -0.15) is 0 Å². The molecule has 0 amide bonds. The summed E-state index contributed by atoms with van der Waals surface area (Å²) in [5.74, 6) is 1.74. The lowest BCUT2D eigenvalue weighted by atomic mass is 10.1. The first kappa shape index (κ1) is 15.3. The van der Waals surface area contributed by atoms with E-state index in [1.807, 2.05) is 13.0 Å². The summed E-state index contributed by atoms with van der Waals surface area (Å²) in [6.45, 7) is 10.9. The number of aromatic nitrogens is 2. The minimum Gasteiger partial charge on any atom is -0.488 e. The third-order valence-corrected chi connectivity index (χ3v) is 2.90. The third-order valence-electron chi connectivity index (χ3n) is 2.90. The number of benzene rings is 1. The van der Waals surface area contributed by atoms with Gasteiger partial charge in [-0.25, -0.2) is 9.97 Å². The molecule has 1 heterocycles. The highest BCUT2D eigenvalue weighted by molar-refractivity contribution is 5.42. The Balaban J connectivity index is 2.15. The first-order valence-corrected chi connectivity index (χ1v) is 7.14. The van der Waals surface area contributed by atoms with Gasteiger partial charge in [-0.1, -0.05) is 12.1 Å². The lowest BCUT2D eigenvalue weighted by molar-refractivity contribution is 0.129. The molecule has 112 valence electrons. The predicted octanol–water partition coefficient (Wildman–Crippen LogP) is 3.88. The maximum absolute atomic E-state index is 6.05. The monoisotopic (exact) mass is 285 g/mol. The molecule has 0 aliphatic heterocycles. The molecule has 4 nitrogen and oxygen atoms in total. The van der Waals surface area contributed by atoms with Gasteiger partial charge in [0.25, 0.3) is 0 Å². The summed E-state index contributed by atoms with van der Waals surface area (Å²) in [5, 5.41) is 3.32. The minimum absolute atomic E-state index is 0.214. The van der Waals surface area contributed by atoms with Gasteiger partial charge < -0.3 is 10.1 Å². The predicted molar refractivity (Wildman–Crippen MR) is 85.7 cm³/mol. The molecule has 0 atom stereocenters. The second kappa shape index (κ2) is 6.12. The van der Waals surface area contributed by atoms with E-state index in [2.05, 4.69) is 61.2 Å². The van der Waals surface area contributed by atoms with E-state index in [-0.39, 0.29) is 5.60 Å².